The average molecular weight is 287 g/mol. The molecule has 0 rings (SSSR count). The Morgan fingerprint density at radius 1 is 1.25 bits per heavy atom. The van der Waals surface area contributed by atoms with Crippen molar-refractivity contribution < 1.29 is 19.5 Å². The van der Waals surface area contributed by atoms with Gasteiger partial charge in [-0.2, -0.15) is 0 Å². The minimum atomic E-state index is -1.07. The van der Waals surface area contributed by atoms with Crippen molar-refractivity contribution in [2.24, 2.45) is 5.92 Å². The summed E-state index contributed by atoms with van der Waals surface area (Å²) in [5.74, 6) is -1.53. The van der Waals surface area contributed by atoms with Crippen LogP contribution in [0.1, 0.15) is 33.6 Å². The standard InChI is InChI=1S/C13H25N3O4/c1-5-7-16(8-10(17)14-4)13(20)15-11(12(18)19)9(3)6-2/h9,11H,5-8H2,1-4H3,(H,14,17)(H,15,20)(H,18,19)/t9-,11-/m0/s1. The second-order valence-electron chi connectivity index (χ2n) is 4.75. The molecule has 7 nitrogen and oxygen atoms in total. The molecule has 0 saturated heterocycles. The van der Waals surface area contributed by atoms with Crippen LogP contribution in [0.5, 0.6) is 0 Å². The van der Waals surface area contributed by atoms with E-state index in [2.05, 4.69) is 10.6 Å². The Hall–Kier alpha value is -1.79. The van der Waals surface area contributed by atoms with Crippen molar-refractivity contribution in [3.05, 3.63) is 0 Å². The van der Waals surface area contributed by atoms with Gasteiger partial charge in [0.15, 0.2) is 0 Å². The third-order valence-corrected chi connectivity index (χ3v) is 3.15. The van der Waals surface area contributed by atoms with Gasteiger partial charge in [-0.3, -0.25) is 4.79 Å². The molecule has 0 aromatic carbocycles. The van der Waals surface area contributed by atoms with Crippen LogP contribution in [-0.4, -0.2) is 54.1 Å². The number of urea groups is 1. The fraction of sp³-hybridized carbons (Fsp3) is 0.769. The van der Waals surface area contributed by atoms with Crippen LogP contribution in [0, 0.1) is 5.92 Å². The van der Waals surface area contributed by atoms with Gasteiger partial charge in [0.25, 0.3) is 0 Å². The number of rotatable bonds is 8. The molecule has 0 heterocycles. The highest BCUT2D eigenvalue weighted by molar-refractivity contribution is 5.86. The van der Waals surface area contributed by atoms with Crippen molar-refractivity contribution >= 4 is 17.9 Å². The number of hydrogen-bond acceptors (Lipinski definition) is 3. The lowest BCUT2D eigenvalue weighted by molar-refractivity contribution is -0.140. The molecular weight excluding hydrogens is 262 g/mol. The summed E-state index contributed by atoms with van der Waals surface area (Å²) in [6.07, 6.45) is 1.33. The molecule has 3 amide bonds. The molecule has 2 atom stereocenters. The summed E-state index contributed by atoms with van der Waals surface area (Å²) in [7, 11) is 1.49. The van der Waals surface area contributed by atoms with E-state index in [-0.39, 0.29) is 18.4 Å². The Bertz CT molecular complexity index is 347. The van der Waals surface area contributed by atoms with E-state index < -0.39 is 18.0 Å². The number of carboxylic acid groups (broad SMARTS) is 1. The van der Waals surface area contributed by atoms with Crippen LogP contribution in [0.2, 0.25) is 0 Å². The molecule has 0 fully saturated rings. The predicted molar refractivity (Wildman–Crippen MR) is 75.3 cm³/mol. The van der Waals surface area contributed by atoms with Crippen LogP contribution < -0.4 is 10.6 Å². The van der Waals surface area contributed by atoms with Gasteiger partial charge in [0.05, 0.1) is 0 Å². The number of amides is 3. The van der Waals surface area contributed by atoms with E-state index in [4.69, 9.17) is 5.11 Å². The third-order valence-electron chi connectivity index (χ3n) is 3.15. The SMILES string of the molecule is CCCN(CC(=O)NC)C(=O)N[C@H](C(=O)O)[C@@H](C)CC. The van der Waals surface area contributed by atoms with Gasteiger partial charge in [-0.25, -0.2) is 9.59 Å². The van der Waals surface area contributed by atoms with E-state index in [1.54, 1.807) is 6.92 Å². The van der Waals surface area contributed by atoms with Crippen molar-refractivity contribution in [1.29, 1.82) is 0 Å². The first-order valence-corrected chi connectivity index (χ1v) is 6.86. The van der Waals surface area contributed by atoms with Gasteiger partial charge in [0, 0.05) is 13.6 Å². The molecular formula is C13H25N3O4. The van der Waals surface area contributed by atoms with Gasteiger partial charge < -0.3 is 20.6 Å². The summed E-state index contributed by atoms with van der Waals surface area (Å²) in [6, 6.07) is -1.47. The maximum Gasteiger partial charge on any atom is 0.326 e. The Morgan fingerprint density at radius 2 is 1.85 bits per heavy atom. The minimum Gasteiger partial charge on any atom is -0.480 e. The summed E-state index contributed by atoms with van der Waals surface area (Å²) in [5.41, 5.74) is 0. The second kappa shape index (κ2) is 9.17. The van der Waals surface area contributed by atoms with E-state index in [1.165, 1.54) is 11.9 Å². The zero-order chi connectivity index (χ0) is 15.7. The summed E-state index contributed by atoms with van der Waals surface area (Å²) >= 11 is 0. The van der Waals surface area contributed by atoms with Crippen molar-refractivity contribution in [2.45, 2.75) is 39.7 Å². The number of likely N-dealkylation sites (N-methyl/N-ethyl adjacent to an activating group) is 1. The summed E-state index contributed by atoms with van der Waals surface area (Å²) in [4.78, 5) is 36.0. The minimum absolute atomic E-state index is 0.0803. The highest BCUT2D eigenvalue weighted by Gasteiger charge is 2.27. The summed E-state index contributed by atoms with van der Waals surface area (Å²) in [6.45, 7) is 5.83. The Kier molecular flexibility index (Phi) is 8.35. The second-order valence-corrected chi connectivity index (χ2v) is 4.75. The number of carboxylic acids is 1. The number of nitrogens with one attached hydrogen (secondary N) is 2. The lowest BCUT2D eigenvalue weighted by Gasteiger charge is -2.26. The topological polar surface area (TPSA) is 98.7 Å². The molecule has 0 aromatic rings. The smallest absolute Gasteiger partial charge is 0.326 e. The van der Waals surface area contributed by atoms with Crippen LogP contribution in [0.25, 0.3) is 0 Å². The van der Waals surface area contributed by atoms with Gasteiger partial charge in [0.2, 0.25) is 5.91 Å². The average Bonchev–Trinajstić information content (AvgIpc) is 2.42. The van der Waals surface area contributed by atoms with Crippen molar-refractivity contribution in [3.8, 4) is 0 Å². The number of carbonyl (C=O) groups excluding carboxylic acids is 2. The summed E-state index contributed by atoms with van der Waals surface area (Å²) < 4.78 is 0. The molecule has 116 valence electrons. The molecule has 0 radical (unpaired) electrons. The molecule has 0 spiro atoms. The number of nitrogens with zero attached hydrogens (tertiary/aromatic N) is 1. The van der Waals surface area contributed by atoms with Gasteiger partial charge in [-0.1, -0.05) is 27.2 Å². The molecule has 0 aliphatic rings. The fourth-order valence-electron chi connectivity index (χ4n) is 1.68. The normalized spacial score (nSPS) is 13.2. The first kappa shape index (κ1) is 18.2. The predicted octanol–water partition coefficient (Wildman–Crippen LogP) is 0.653. The summed E-state index contributed by atoms with van der Waals surface area (Å²) in [5, 5.41) is 14.1. The first-order valence-electron chi connectivity index (χ1n) is 6.86. The van der Waals surface area contributed by atoms with Crippen LogP contribution in [-0.2, 0) is 9.59 Å². The van der Waals surface area contributed by atoms with E-state index in [0.29, 0.717) is 19.4 Å². The lowest BCUT2D eigenvalue weighted by atomic mass is 9.99. The van der Waals surface area contributed by atoms with Crippen molar-refractivity contribution in [3.63, 3.8) is 0 Å². The van der Waals surface area contributed by atoms with E-state index >= 15 is 0 Å². The Labute approximate surface area is 119 Å². The Morgan fingerprint density at radius 3 is 2.25 bits per heavy atom. The van der Waals surface area contributed by atoms with Gasteiger partial charge in [-0.15, -0.1) is 0 Å². The van der Waals surface area contributed by atoms with Gasteiger partial charge >= 0.3 is 12.0 Å². The lowest BCUT2D eigenvalue weighted by Crippen LogP contribution is -2.52. The van der Waals surface area contributed by atoms with Crippen LogP contribution in [0.3, 0.4) is 0 Å². The van der Waals surface area contributed by atoms with Crippen LogP contribution in [0.4, 0.5) is 4.79 Å². The monoisotopic (exact) mass is 287 g/mol. The zero-order valence-corrected chi connectivity index (χ0v) is 12.6. The molecule has 7 heteroatoms. The van der Waals surface area contributed by atoms with E-state index in [0.717, 1.165) is 0 Å². The number of carbonyl (C=O) groups is 3. The fourth-order valence-corrected chi connectivity index (χ4v) is 1.68. The molecule has 0 aliphatic carbocycles. The van der Waals surface area contributed by atoms with Crippen LogP contribution in [0.15, 0.2) is 0 Å². The molecule has 0 saturated carbocycles. The van der Waals surface area contributed by atoms with Crippen LogP contribution >= 0.6 is 0 Å². The quantitative estimate of drug-likeness (QED) is 0.610. The number of hydrogen-bond donors (Lipinski definition) is 3. The van der Waals surface area contributed by atoms with Crippen molar-refractivity contribution in [2.75, 3.05) is 20.1 Å². The zero-order valence-electron chi connectivity index (χ0n) is 12.6. The van der Waals surface area contributed by atoms with Crippen molar-refractivity contribution in [1.82, 2.24) is 15.5 Å². The molecule has 0 aliphatic heterocycles. The maximum atomic E-state index is 12.1. The first-order chi connectivity index (χ1) is 9.37. The molecule has 0 unspecified atom stereocenters. The molecule has 20 heavy (non-hydrogen) atoms. The van der Waals surface area contributed by atoms with E-state index in [9.17, 15) is 14.4 Å². The number of aliphatic carboxylic acids is 1. The third kappa shape index (κ3) is 5.90. The maximum absolute atomic E-state index is 12.1. The molecule has 0 aromatic heterocycles. The van der Waals surface area contributed by atoms with Gasteiger partial charge in [0.1, 0.15) is 12.6 Å². The highest BCUT2D eigenvalue weighted by atomic mass is 16.4. The largest absolute Gasteiger partial charge is 0.480 e. The molecule has 3 N–H and O–H groups in total. The van der Waals surface area contributed by atoms with E-state index in [1.807, 2.05) is 13.8 Å². The molecule has 0 bridgehead atoms. The Balaban J connectivity index is 4.79. The highest BCUT2D eigenvalue weighted by Crippen LogP contribution is 2.08. The van der Waals surface area contributed by atoms with Gasteiger partial charge in [-0.05, 0) is 12.3 Å².